The van der Waals surface area contributed by atoms with Crippen molar-refractivity contribution in [3.8, 4) is 11.8 Å². The maximum Gasteiger partial charge on any atom is 0.266 e. The normalized spacial score (nSPS) is 11.2. The topological polar surface area (TPSA) is 62.1 Å². The Labute approximate surface area is 221 Å². The minimum Gasteiger partial charge on any atom is -0.487 e. The third-order valence-corrected chi connectivity index (χ3v) is 6.69. The van der Waals surface area contributed by atoms with E-state index in [1.807, 2.05) is 54.6 Å². The van der Waals surface area contributed by atoms with E-state index < -0.39 is 5.91 Å². The van der Waals surface area contributed by atoms with Crippen LogP contribution in [0.4, 0.5) is 5.69 Å². The predicted molar refractivity (Wildman–Crippen MR) is 148 cm³/mol. The van der Waals surface area contributed by atoms with Gasteiger partial charge in [0.05, 0.1) is 8.95 Å². The monoisotopic (exact) mass is 588 g/mol. The molecule has 0 saturated heterocycles. The number of hydrogen-bond acceptors (Lipinski definition) is 3. The average molecular weight is 590 g/mol. The Morgan fingerprint density at radius 3 is 2.26 bits per heavy atom. The molecule has 1 N–H and O–H groups in total. The van der Waals surface area contributed by atoms with Crippen LogP contribution in [0.25, 0.3) is 16.8 Å². The van der Waals surface area contributed by atoms with Crippen LogP contribution in [0.15, 0.2) is 93.4 Å². The van der Waals surface area contributed by atoms with Crippen molar-refractivity contribution in [1.82, 2.24) is 0 Å². The molecule has 4 rings (SSSR count). The van der Waals surface area contributed by atoms with Gasteiger partial charge in [-0.2, -0.15) is 5.26 Å². The summed E-state index contributed by atoms with van der Waals surface area (Å²) in [4.78, 5) is 12.6. The molecular formula is C29H22Br2N2O2. The van der Waals surface area contributed by atoms with E-state index in [9.17, 15) is 10.1 Å². The molecule has 0 aliphatic rings. The van der Waals surface area contributed by atoms with Crippen LogP contribution in [0.2, 0.25) is 0 Å². The van der Waals surface area contributed by atoms with Crippen molar-refractivity contribution in [2.24, 2.45) is 0 Å². The Balaban J connectivity index is 1.48. The number of ether oxygens (including phenoxy) is 1. The zero-order chi connectivity index (χ0) is 24.8. The maximum atomic E-state index is 12.6. The zero-order valence-corrected chi connectivity index (χ0v) is 22.2. The lowest BCUT2D eigenvalue weighted by atomic mass is 10.1. The highest BCUT2D eigenvalue weighted by Gasteiger charge is 2.13. The number of rotatable bonds is 7. The van der Waals surface area contributed by atoms with Crippen LogP contribution in [-0.2, 0) is 17.8 Å². The van der Waals surface area contributed by atoms with Gasteiger partial charge in [0.2, 0.25) is 0 Å². The summed E-state index contributed by atoms with van der Waals surface area (Å²) in [7, 11) is 0. The van der Waals surface area contributed by atoms with Gasteiger partial charge in [-0.25, -0.2) is 0 Å². The van der Waals surface area contributed by atoms with Crippen LogP contribution in [-0.4, -0.2) is 5.91 Å². The van der Waals surface area contributed by atoms with Gasteiger partial charge in [0.1, 0.15) is 24.0 Å². The molecule has 0 bridgehead atoms. The first-order chi connectivity index (χ1) is 17.0. The second-order valence-corrected chi connectivity index (χ2v) is 9.67. The summed E-state index contributed by atoms with van der Waals surface area (Å²) in [6, 6.07) is 27.7. The summed E-state index contributed by atoms with van der Waals surface area (Å²) in [6.07, 6.45) is 2.47. The fourth-order valence-corrected chi connectivity index (χ4v) is 5.07. The van der Waals surface area contributed by atoms with Gasteiger partial charge in [0, 0.05) is 5.69 Å². The fourth-order valence-electron chi connectivity index (χ4n) is 3.62. The molecule has 4 aromatic carbocycles. The molecule has 0 unspecified atom stereocenters. The molecule has 0 radical (unpaired) electrons. The van der Waals surface area contributed by atoms with Gasteiger partial charge in [0.15, 0.2) is 0 Å². The number of carbonyl (C=O) groups excluding carboxylic acids is 1. The second-order valence-electron chi connectivity index (χ2n) is 7.96. The Kier molecular flexibility index (Phi) is 8.02. The van der Waals surface area contributed by atoms with Gasteiger partial charge in [-0.3, -0.25) is 4.79 Å². The fraction of sp³-hybridized carbons (Fsp3) is 0.103. The molecule has 0 aromatic heterocycles. The third kappa shape index (κ3) is 6.19. The molecule has 0 heterocycles. The van der Waals surface area contributed by atoms with Crippen molar-refractivity contribution in [3.05, 3.63) is 110 Å². The lowest BCUT2D eigenvalue weighted by molar-refractivity contribution is -0.112. The average Bonchev–Trinajstić information content (AvgIpc) is 2.87. The summed E-state index contributed by atoms with van der Waals surface area (Å²) >= 11 is 7.12. The van der Waals surface area contributed by atoms with Crippen LogP contribution in [0, 0.1) is 11.3 Å². The molecule has 0 saturated carbocycles. The van der Waals surface area contributed by atoms with E-state index in [4.69, 9.17) is 4.74 Å². The van der Waals surface area contributed by atoms with E-state index in [2.05, 4.69) is 74.4 Å². The number of fused-ring (bicyclic) bond motifs is 1. The highest BCUT2D eigenvalue weighted by molar-refractivity contribution is 9.11. The van der Waals surface area contributed by atoms with Crippen LogP contribution >= 0.6 is 31.9 Å². The van der Waals surface area contributed by atoms with Crippen LogP contribution in [0.1, 0.15) is 23.6 Å². The Morgan fingerprint density at radius 1 is 0.943 bits per heavy atom. The van der Waals surface area contributed by atoms with Gasteiger partial charge < -0.3 is 10.1 Å². The first kappa shape index (κ1) is 24.7. The summed E-state index contributed by atoms with van der Waals surface area (Å²) in [5.74, 6) is 0.190. The smallest absolute Gasteiger partial charge is 0.266 e. The SMILES string of the molecule is CCc1ccc(NC(=O)/C(C#N)=C/c2cc(Br)c(OCc3ccc4ccccc4c3)c(Br)c2)cc1. The van der Waals surface area contributed by atoms with Crippen LogP contribution in [0.3, 0.4) is 0 Å². The van der Waals surface area contributed by atoms with E-state index in [0.29, 0.717) is 32.6 Å². The quantitative estimate of drug-likeness (QED) is 0.175. The summed E-state index contributed by atoms with van der Waals surface area (Å²) < 4.78 is 7.50. The summed E-state index contributed by atoms with van der Waals surface area (Å²) in [6.45, 7) is 2.47. The molecular weight excluding hydrogens is 568 g/mol. The Morgan fingerprint density at radius 2 is 1.60 bits per heavy atom. The van der Waals surface area contributed by atoms with Crippen molar-refractivity contribution in [3.63, 3.8) is 0 Å². The largest absolute Gasteiger partial charge is 0.487 e. The predicted octanol–water partition coefficient (Wildman–Crippen LogP) is 8.05. The molecule has 174 valence electrons. The van der Waals surface area contributed by atoms with Gasteiger partial charge in [0.25, 0.3) is 5.91 Å². The summed E-state index contributed by atoms with van der Waals surface area (Å²) in [5.41, 5.74) is 3.58. The van der Waals surface area contributed by atoms with Crippen LogP contribution in [0.5, 0.6) is 5.75 Å². The van der Waals surface area contributed by atoms with Crippen molar-refractivity contribution in [2.45, 2.75) is 20.0 Å². The minimum absolute atomic E-state index is 0.00759. The molecule has 0 aliphatic carbocycles. The molecule has 0 fully saturated rings. The van der Waals surface area contributed by atoms with E-state index >= 15 is 0 Å². The maximum absolute atomic E-state index is 12.6. The van der Waals surface area contributed by atoms with E-state index in [1.54, 1.807) is 6.08 Å². The third-order valence-electron chi connectivity index (χ3n) is 5.51. The van der Waals surface area contributed by atoms with Crippen molar-refractivity contribution in [2.75, 3.05) is 5.32 Å². The summed E-state index contributed by atoms with van der Waals surface area (Å²) in [5, 5.41) is 14.7. The number of halogens is 2. The zero-order valence-electron chi connectivity index (χ0n) is 19.0. The first-order valence-corrected chi connectivity index (χ1v) is 12.7. The molecule has 4 nitrogen and oxygen atoms in total. The minimum atomic E-state index is -0.458. The second kappa shape index (κ2) is 11.4. The number of anilines is 1. The number of aryl methyl sites for hydroxylation is 1. The number of amides is 1. The van der Waals surface area contributed by atoms with E-state index in [1.165, 1.54) is 10.9 Å². The molecule has 1 amide bonds. The number of nitrogens with one attached hydrogen (secondary N) is 1. The molecule has 35 heavy (non-hydrogen) atoms. The highest BCUT2D eigenvalue weighted by atomic mass is 79.9. The number of nitriles is 1. The Hall–Kier alpha value is -3.40. The number of carbonyl (C=O) groups is 1. The number of nitrogens with zero attached hydrogens (tertiary/aromatic N) is 1. The van der Waals surface area contributed by atoms with E-state index in [-0.39, 0.29) is 5.57 Å². The first-order valence-electron chi connectivity index (χ1n) is 11.1. The van der Waals surface area contributed by atoms with Gasteiger partial charge >= 0.3 is 0 Å². The number of hydrogen-bond donors (Lipinski definition) is 1. The lowest BCUT2D eigenvalue weighted by Crippen LogP contribution is -2.13. The van der Waals surface area contributed by atoms with Crippen molar-refractivity contribution >= 4 is 60.3 Å². The molecule has 6 heteroatoms. The van der Waals surface area contributed by atoms with E-state index in [0.717, 1.165) is 17.4 Å². The van der Waals surface area contributed by atoms with Gasteiger partial charge in [-0.1, -0.05) is 55.5 Å². The van der Waals surface area contributed by atoms with Gasteiger partial charge in [-0.05, 0) is 102 Å². The lowest BCUT2D eigenvalue weighted by Gasteiger charge is -2.12. The van der Waals surface area contributed by atoms with Gasteiger partial charge in [-0.15, -0.1) is 0 Å². The molecule has 0 spiro atoms. The highest BCUT2D eigenvalue weighted by Crippen LogP contribution is 2.36. The molecule has 0 aliphatic heterocycles. The number of benzene rings is 4. The molecule has 4 aromatic rings. The standard InChI is InChI=1S/C29H22Br2N2O2/c1-2-19-8-11-25(12-9-19)33-29(34)24(17-32)14-21-15-26(30)28(27(31)16-21)35-18-20-7-10-22-5-3-4-6-23(22)13-20/h3-16H,2,18H2,1H3,(H,33,34)/b24-14+. The molecule has 0 atom stereocenters. The Bertz CT molecular complexity index is 1430. The van der Waals surface area contributed by atoms with Crippen molar-refractivity contribution in [1.29, 1.82) is 5.26 Å². The van der Waals surface area contributed by atoms with Crippen LogP contribution < -0.4 is 10.1 Å². The van der Waals surface area contributed by atoms with Crippen molar-refractivity contribution < 1.29 is 9.53 Å².